The average molecular weight is 352 g/mol. The quantitative estimate of drug-likeness (QED) is 0.804. The first-order chi connectivity index (χ1) is 12.6. The van der Waals surface area contributed by atoms with Crippen molar-refractivity contribution < 1.29 is 14.7 Å². The standard InChI is InChI=1S/C19H20N4O3/c24-18(16-13-3-5-14(6-4-13)17(16)19(25)26)22-15-7-1-12(2-8-15)9-23-11-20-10-21-23/h1-3,5,7-8,10-11,13-14,16-17H,4,6,9H2,(H,22,24)(H,25,26)/t13-,14-,16+,17+/m0/s1. The van der Waals surface area contributed by atoms with Gasteiger partial charge in [-0.2, -0.15) is 5.10 Å². The van der Waals surface area contributed by atoms with Crippen LogP contribution in [0.3, 0.4) is 0 Å². The lowest BCUT2D eigenvalue weighted by Gasteiger charge is -2.41. The number of nitrogens with zero attached hydrogens (tertiary/aromatic N) is 3. The Morgan fingerprint density at radius 3 is 2.38 bits per heavy atom. The Bertz CT molecular complexity index is 829. The van der Waals surface area contributed by atoms with E-state index in [2.05, 4.69) is 15.4 Å². The van der Waals surface area contributed by atoms with Crippen molar-refractivity contribution in [2.45, 2.75) is 19.4 Å². The van der Waals surface area contributed by atoms with Gasteiger partial charge in [0.1, 0.15) is 12.7 Å². The van der Waals surface area contributed by atoms with E-state index in [-0.39, 0.29) is 17.7 Å². The number of carbonyl (C=O) groups excluding carboxylic acids is 1. The summed E-state index contributed by atoms with van der Waals surface area (Å²) >= 11 is 0. The lowest BCUT2D eigenvalue weighted by Crippen LogP contribution is -2.47. The second kappa shape index (κ2) is 6.74. The maximum Gasteiger partial charge on any atom is 0.307 e. The fraction of sp³-hybridized carbons (Fsp3) is 0.368. The van der Waals surface area contributed by atoms with Gasteiger partial charge in [0.05, 0.1) is 18.4 Å². The van der Waals surface area contributed by atoms with E-state index in [0.29, 0.717) is 12.2 Å². The van der Waals surface area contributed by atoms with E-state index in [1.54, 1.807) is 11.0 Å². The van der Waals surface area contributed by atoms with Crippen molar-refractivity contribution in [2.75, 3.05) is 5.32 Å². The van der Waals surface area contributed by atoms with Crippen molar-refractivity contribution in [3.63, 3.8) is 0 Å². The molecule has 3 aliphatic rings. The lowest BCUT2D eigenvalue weighted by atomic mass is 9.62. The van der Waals surface area contributed by atoms with Crippen LogP contribution in [0.15, 0.2) is 49.1 Å². The van der Waals surface area contributed by atoms with E-state index in [0.717, 1.165) is 18.4 Å². The summed E-state index contributed by atoms with van der Waals surface area (Å²) < 4.78 is 1.72. The first kappa shape index (κ1) is 16.5. The number of amides is 1. The zero-order chi connectivity index (χ0) is 18.1. The molecule has 1 aromatic carbocycles. The van der Waals surface area contributed by atoms with Gasteiger partial charge in [0.25, 0.3) is 0 Å². The molecule has 1 fully saturated rings. The number of carboxylic acids is 1. The van der Waals surface area contributed by atoms with E-state index in [1.165, 1.54) is 6.33 Å². The molecule has 26 heavy (non-hydrogen) atoms. The lowest BCUT2D eigenvalue weighted by molar-refractivity contribution is -0.151. The predicted molar refractivity (Wildman–Crippen MR) is 94.2 cm³/mol. The molecule has 0 radical (unpaired) electrons. The zero-order valence-corrected chi connectivity index (χ0v) is 14.2. The van der Waals surface area contributed by atoms with E-state index < -0.39 is 17.8 Å². The molecular formula is C19H20N4O3. The van der Waals surface area contributed by atoms with Crippen LogP contribution in [0.2, 0.25) is 0 Å². The van der Waals surface area contributed by atoms with Crippen molar-refractivity contribution in [1.29, 1.82) is 0 Å². The number of benzene rings is 1. The molecule has 1 amide bonds. The van der Waals surface area contributed by atoms with Crippen LogP contribution in [0.4, 0.5) is 5.69 Å². The minimum absolute atomic E-state index is 0.00712. The van der Waals surface area contributed by atoms with Crippen LogP contribution in [0.25, 0.3) is 0 Å². The van der Waals surface area contributed by atoms with Crippen molar-refractivity contribution >= 4 is 17.6 Å². The van der Waals surface area contributed by atoms with Crippen molar-refractivity contribution in [3.8, 4) is 0 Å². The molecule has 4 atom stereocenters. The first-order valence-corrected chi connectivity index (χ1v) is 8.75. The van der Waals surface area contributed by atoms with Gasteiger partial charge in [-0.05, 0) is 42.4 Å². The maximum atomic E-state index is 12.8. The number of carboxylic acid groups (broad SMARTS) is 1. The van der Waals surface area contributed by atoms with Crippen LogP contribution < -0.4 is 5.32 Å². The van der Waals surface area contributed by atoms with Crippen LogP contribution in [0.5, 0.6) is 0 Å². The minimum Gasteiger partial charge on any atom is -0.481 e. The van der Waals surface area contributed by atoms with Crippen molar-refractivity contribution in [2.24, 2.45) is 23.7 Å². The van der Waals surface area contributed by atoms with Crippen LogP contribution in [0, 0.1) is 23.7 Å². The highest BCUT2D eigenvalue weighted by atomic mass is 16.4. The zero-order valence-electron chi connectivity index (χ0n) is 14.2. The fourth-order valence-corrected chi connectivity index (χ4v) is 4.11. The molecule has 0 spiro atoms. The summed E-state index contributed by atoms with van der Waals surface area (Å²) in [4.78, 5) is 28.4. The molecule has 0 aliphatic heterocycles. The average Bonchev–Trinajstić information content (AvgIpc) is 3.16. The van der Waals surface area contributed by atoms with Gasteiger partial charge in [0.2, 0.25) is 5.91 Å². The Kier molecular flexibility index (Phi) is 4.28. The topological polar surface area (TPSA) is 97.1 Å². The molecule has 7 heteroatoms. The number of hydrogen-bond acceptors (Lipinski definition) is 4. The summed E-state index contributed by atoms with van der Waals surface area (Å²) in [7, 11) is 0. The number of aliphatic carboxylic acids is 1. The third kappa shape index (κ3) is 3.12. The molecule has 3 aliphatic carbocycles. The summed E-state index contributed by atoms with van der Waals surface area (Å²) in [5, 5.41) is 16.5. The van der Waals surface area contributed by atoms with E-state index in [1.807, 2.05) is 36.4 Å². The third-order valence-corrected chi connectivity index (χ3v) is 5.37. The van der Waals surface area contributed by atoms with E-state index in [4.69, 9.17) is 0 Å². The second-order valence-electron chi connectivity index (χ2n) is 6.96. The Balaban J connectivity index is 1.45. The van der Waals surface area contributed by atoms with Crippen LogP contribution in [-0.2, 0) is 16.1 Å². The molecule has 5 rings (SSSR count). The predicted octanol–water partition coefficient (Wildman–Crippen LogP) is 2.18. The van der Waals surface area contributed by atoms with Gasteiger partial charge in [-0.3, -0.25) is 9.59 Å². The maximum absolute atomic E-state index is 12.8. The first-order valence-electron chi connectivity index (χ1n) is 8.75. The Hall–Kier alpha value is -2.96. The van der Waals surface area contributed by atoms with Gasteiger partial charge in [-0.25, -0.2) is 9.67 Å². The molecule has 7 nitrogen and oxygen atoms in total. The molecule has 0 saturated heterocycles. The Morgan fingerprint density at radius 2 is 1.81 bits per heavy atom. The molecule has 2 N–H and O–H groups in total. The van der Waals surface area contributed by atoms with Crippen LogP contribution >= 0.6 is 0 Å². The molecule has 1 aromatic heterocycles. The smallest absolute Gasteiger partial charge is 0.307 e. The Morgan fingerprint density at radius 1 is 1.12 bits per heavy atom. The van der Waals surface area contributed by atoms with Gasteiger partial charge in [0, 0.05) is 5.69 Å². The summed E-state index contributed by atoms with van der Waals surface area (Å²) in [5.41, 5.74) is 1.71. The van der Waals surface area contributed by atoms with Crippen molar-refractivity contribution in [3.05, 3.63) is 54.6 Å². The summed E-state index contributed by atoms with van der Waals surface area (Å²) in [6.45, 7) is 0.604. The van der Waals surface area contributed by atoms with E-state index >= 15 is 0 Å². The molecular weight excluding hydrogens is 332 g/mol. The molecule has 134 valence electrons. The highest BCUT2D eigenvalue weighted by Gasteiger charge is 2.48. The van der Waals surface area contributed by atoms with Gasteiger partial charge in [0.15, 0.2) is 0 Å². The van der Waals surface area contributed by atoms with Gasteiger partial charge >= 0.3 is 5.97 Å². The summed E-state index contributed by atoms with van der Waals surface area (Å²) in [6.07, 6.45) is 8.83. The van der Waals surface area contributed by atoms with Crippen LogP contribution in [-0.4, -0.2) is 31.7 Å². The molecule has 2 aromatic rings. The number of rotatable bonds is 5. The normalized spacial score (nSPS) is 26.6. The number of anilines is 1. The summed E-state index contributed by atoms with van der Waals surface area (Å²) in [6, 6.07) is 7.49. The number of nitrogens with one attached hydrogen (secondary N) is 1. The highest BCUT2D eigenvalue weighted by Crippen LogP contribution is 2.45. The van der Waals surface area contributed by atoms with Gasteiger partial charge in [-0.1, -0.05) is 24.3 Å². The number of hydrogen-bond donors (Lipinski definition) is 2. The fourth-order valence-electron chi connectivity index (χ4n) is 4.11. The second-order valence-corrected chi connectivity index (χ2v) is 6.96. The molecule has 1 saturated carbocycles. The largest absolute Gasteiger partial charge is 0.481 e. The third-order valence-electron chi connectivity index (χ3n) is 5.37. The number of allylic oxidation sites excluding steroid dienone is 2. The minimum atomic E-state index is -0.882. The monoisotopic (exact) mass is 352 g/mol. The number of carbonyl (C=O) groups is 2. The number of fused-ring (bicyclic) bond motifs is 2. The molecule has 0 unspecified atom stereocenters. The number of aromatic nitrogens is 3. The van der Waals surface area contributed by atoms with Gasteiger partial charge < -0.3 is 10.4 Å². The SMILES string of the molecule is O=C(O)[C@H]1[C@H](C(=O)Nc2ccc(Cn3cncn3)cc2)[C@H]2C=C[C@H]1CC2. The highest BCUT2D eigenvalue weighted by molar-refractivity contribution is 5.96. The van der Waals surface area contributed by atoms with Gasteiger partial charge in [-0.15, -0.1) is 0 Å². The van der Waals surface area contributed by atoms with Crippen LogP contribution in [0.1, 0.15) is 18.4 Å². The molecule has 1 heterocycles. The van der Waals surface area contributed by atoms with E-state index in [9.17, 15) is 14.7 Å². The van der Waals surface area contributed by atoms with Crippen molar-refractivity contribution in [1.82, 2.24) is 14.8 Å². The Labute approximate surface area is 150 Å². The summed E-state index contributed by atoms with van der Waals surface area (Å²) in [5.74, 6) is -2.27. The molecule has 2 bridgehead atoms.